The molecule has 0 aliphatic carbocycles. The molecule has 0 N–H and O–H groups in total. The molecule has 0 aliphatic rings. The summed E-state index contributed by atoms with van der Waals surface area (Å²) in [6.07, 6.45) is 0.324. The Labute approximate surface area is 217 Å². The monoisotopic (exact) mass is 498 g/mol. The highest BCUT2D eigenvalue weighted by molar-refractivity contribution is 6.39. The van der Waals surface area contributed by atoms with Gasteiger partial charge in [-0.05, 0) is 95.1 Å². The van der Waals surface area contributed by atoms with Crippen LogP contribution in [0.2, 0.25) is 0 Å². The van der Waals surface area contributed by atoms with E-state index in [1.807, 2.05) is 27.7 Å². The molecule has 0 spiro atoms. The van der Waals surface area contributed by atoms with Crippen molar-refractivity contribution in [3.63, 3.8) is 0 Å². The van der Waals surface area contributed by atoms with E-state index in [-0.39, 0.29) is 31.7 Å². The highest BCUT2D eigenvalue weighted by Crippen LogP contribution is 2.36. The SMILES string of the molecule is CC(C)O[Si]C#Cc1c2ccccc2c(C#C[Si]OC(C)C)c2cc3cc4ccccc4cc3cc12. The molecule has 5 aromatic carbocycles. The van der Waals surface area contributed by atoms with Crippen molar-refractivity contribution in [2.45, 2.75) is 39.9 Å². The quantitative estimate of drug-likeness (QED) is 0.151. The van der Waals surface area contributed by atoms with E-state index in [0.717, 1.165) is 32.7 Å². The highest BCUT2D eigenvalue weighted by Gasteiger charge is 2.13. The Hall–Kier alpha value is -3.39. The van der Waals surface area contributed by atoms with Gasteiger partial charge in [-0.1, -0.05) is 71.5 Å². The van der Waals surface area contributed by atoms with Gasteiger partial charge in [0.25, 0.3) is 0 Å². The number of benzene rings is 5. The second-order valence-electron chi connectivity index (χ2n) is 9.28. The molecule has 5 rings (SSSR count). The molecule has 0 heterocycles. The van der Waals surface area contributed by atoms with Crippen molar-refractivity contribution >= 4 is 62.6 Å². The maximum Gasteiger partial charge on any atom is 0.333 e. The molecule has 2 nitrogen and oxygen atoms in total. The molecule has 36 heavy (non-hydrogen) atoms. The predicted octanol–water partition coefficient (Wildman–Crippen LogP) is 7.01. The fourth-order valence-electron chi connectivity index (χ4n) is 4.35. The first-order valence-corrected chi connectivity index (χ1v) is 14.0. The first-order chi connectivity index (χ1) is 17.5. The Kier molecular flexibility index (Phi) is 7.23. The van der Waals surface area contributed by atoms with Crippen LogP contribution in [0.3, 0.4) is 0 Å². The molecule has 5 aromatic rings. The topological polar surface area (TPSA) is 18.5 Å². The van der Waals surface area contributed by atoms with Crippen molar-refractivity contribution in [3.05, 3.63) is 83.9 Å². The second-order valence-corrected chi connectivity index (χ2v) is 10.7. The number of fused-ring (bicyclic) bond motifs is 4. The van der Waals surface area contributed by atoms with Crippen LogP contribution in [0.15, 0.2) is 72.8 Å². The van der Waals surface area contributed by atoms with Gasteiger partial charge in [0.2, 0.25) is 0 Å². The van der Waals surface area contributed by atoms with E-state index in [4.69, 9.17) is 8.85 Å². The summed E-state index contributed by atoms with van der Waals surface area (Å²) in [5, 5.41) is 9.34. The van der Waals surface area contributed by atoms with Crippen LogP contribution in [0.4, 0.5) is 0 Å². The average molecular weight is 499 g/mol. The van der Waals surface area contributed by atoms with Crippen molar-refractivity contribution in [2.24, 2.45) is 0 Å². The maximum absolute atomic E-state index is 5.73. The van der Waals surface area contributed by atoms with E-state index < -0.39 is 0 Å². The van der Waals surface area contributed by atoms with Gasteiger partial charge in [0.1, 0.15) is 0 Å². The van der Waals surface area contributed by atoms with Crippen molar-refractivity contribution in [3.8, 4) is 22.9 Å². The Bertz CT molecular complexity index is 1590. The molecular formula is C32H26O2Si2. The zero-order chi connectivity index (χ0) is 25.1. The summed E-state index contributed by atoms with van der Waals surface area (Å²) in [6.45, 7) is 8.14. The van der Waals surface area contributed by atoms with Gasteiger partial charge in [0.15, 0.2) is 0 Å². The van der Waals surface area contributed by atoms with Gasteiger partial charge in [0, 0.05) is 23.3 Å². The predicted molar refractivity (Wildman–Crippen MR) is 154 cm³/mol. The van der Waals surface area contributed by atoms with Crippen LogP contribution in [0, 0.1) is 22.9 Å². The van der Waals surface area contributed by atoms with E-state index in [9.17, 15) is 0 Å². The second kappa shape index (κ2) is 10.7. The van der Waals surface area contributed by atoms with Crippen LogP contribution >= 0.6 is 0 Å². The summed E-state index contributed by atoms with van der Waals surface area (Å²) in [5.74, 6) is 6.93. The van der Waals surface area contributed by atoms with E-state index in [1.54, 1.807) is 0 Å². The van der Waals surface area contributed by atoms with Crippen molar-refractivity contribution < 1.29 is 8.85 Å². The minimum Gasteiger partial charge on any atom is -0.403 e. The molecule has 0 aliphatic heterocycles. The first kappa shape index (κ1) is 24.3. The molecule has 0 aromatic heterocycles. The molecule has 0 amide bonds. The van der Waals surface area contributed by atoms with Crippen LogP contribution in [0.1, 0.15) is 38.8 Å². The number of rotatable bonds is 4. The largest absolute Gasteiger partial charge is 0.403 e. The smallest absolute Gasteiger partial charge is 0.333 e. The third-order valence-electron chi connectivity index (χ3n) is 5.91. The zero-order valence-corrected chi connectivity index (χ0v) is 22.9. The summed E-state index contributed by atoms with van der Waals surface area (Å²) in [4.78, 5) is 0. The lowest BCUT2D eigenvalue weighted by molar-refractivity contribution is 0.260. The van der Waals surface area contributed by atoms with E-state index in [1.165, 1.54) is 21.5 Å². The Morgan fingerprint density at radius 2 is 0.944 bits per heavy atom. The summed E-state index contributed by atoms with van der Waals surface area (Å²) >= 11 is 0. The van der Waals surface area contributed by atoms with Crippen LogP contribution in [0.25, 0.3) is 43.1 Å². The lowest BCUT2D eigenvalue weighted by Gasteiger charge is -2.13. The molecule has 4 radical (unpaired) electrons. The minimum atomic E-state index is 0.139. The number of hydrogen-bond donors (Lipinski definition) is 0. The van der Waals surface area contributed by atoms with Crippen LogP contribution in [-0.2, 0) is 8.85 Å². The molecular weight excluding hydrogens is 473 g/mol. The molecule has 0 unspecified atom stereocenters. The van der Waals surface area contributed by atoms with Gasteiger partial charge < -0.3 is 8.85 Å². The molecule has 0 bridgehead atoms. The minimum absolute atomic E-state index is 0.139. The Balaban J connectivity index is 1.81. The number of hydrogen-bond acceptors (Lipinski definition) is 2. The van der Waals surface area contributed by atoms with Crippen LogP contribution < -0.4 is 0 Å². The van der Waals surface area contributed by atoms with Gasteiger partial charge in [-0.2, -0.15) is 0 Å². The fraction of sp³-hybridized carbons (Fsp3) is 0.188. The van der Waals surface area contributed by atoms with E-state index >= 15 is 0 Å². The third kappa shape index (κ3) is 5.09. The standard InChI is InChI=1S/C32H26O2Si2/c1-21(2)33-35-15-13-29-27-11-7-8-12-28(27)30(14-16-36-34-22(3)4)32-20-26-18-24-10-6-5-9-23(24)17-25(26)19-31(29)32/h5-12,17-22H,1-4H3. The summed E-state index contributed by atoms with van der Waals surface area (Å²) in [7, 11) is 0.278. The van der Waals surface area contributed by atoms with Crippen LogP contribution in [0.5, 0.6) is 0 Å². The van der Waals surface area contributed by atoms with Gasteiger partial charge in [-0.25, -0.2) is 0 Å². The van der Waals surface area contributed by atoms with Crippen molar-refractivity contribution in [1.82, 2.24) is 0 Å². The van der Waals surface area contributed by atoms with E-state index in [0.29, 0.717) is 0 Å². The third-order valence-corrected chi connectivity index (χ3v) is 7.54. The zero-order valence-electron chi connectivity index (χ0n) is 20.9. The van der Waals surface area contributed by atoms with E-state index in [2.05, 4.69) is 95.7 Å². The Morgan fingerprint density at radius 3 is 1.36 bits per heavy atom. The van der Waals surface area contributed by atoms with Gasteiger partial charge in [-0.15, -0.1) is 0 Å². The summed E-state index contributed by atoms with van der Waals surface area (Å²) < 4.78 is 11.5. The van der Waals surface area contributed by atoms with Crippen LogP contribution in [-0.4, -0.2) is 31.7 Å². The highest BCUT2D eigenvalue weighted by atomic mass is 28.2. The molecule has 174 valence electrons. The molecule has 0 atom stereocenters. The molecule has 4 heteroatoms. The fourth-order valence-corrected chi connectivity index (χ4v) is 5.30. The maximum atomic E-state index is 5.73. The average Bonchev–Trinajstić information content (AvgIpc) is 2.87. The summed E-state index contributed by atoms with van der Waals surface area (Å²) in [6, 6.07) is 26.0. The van der Waals surface area contributed by atoms with Gasteiger partial charge >= 0.3 is 19.5 Å². The van der Waals surface area contributed by atoms with Gasteiger partial charge in [0.05, 0.1) is 0 Å². The molecule has 0 fully saturated rings. The van der Waals surface area contributed by atoms with Crippen molar-refractivity contribution in [1.29, 1.82) is 0 Å². The lowest BCUT2D eigenvalue weighted by Crippen LogP contribution is -2.05. The lowest BCUT2D eigenvalue weighted by atomic mass is 9.90. The molecule has 0 saturated carbocycles. The first-order valence-electron chi connectivity index (χ1n) is 12.2. The van der Waals surface area contributed by atoms with Gasteiger partial charge in [-0.3, -0.25) is 0 Å². The normalized spacial score (nSPS) is 11.3. The Morgan fingerprint density at radius 1 is 0.528 bits per heavy atom. The van der Waals surface area contributed by atoms with Crippen molar-refractivity contribution in [2.75, 3.05) is 0 Å². The summed E-state index contributed by atoms with van der Waals surface area (Å²) in [5.41, 5.74) is 8.62. The molecule has 0 saturated heterocycles.